The Kier molecular flexibility index (Phi) is 4.71. The molecule has 0 radical (unpaired) electrons. The van der Waals surface area contributed by atoms with Crippen LogP contribution in [-0.4, -0.2) is 28.5 Å². The number of benzene rings is 1. The first-order chi connectivity index (χ1) is 11.2. The Morgan fingerprint density at radius 3 is 3.09 bits per heavy atom. The number of nitrogens with one attached hydrogen (secondary N) is 2. The van der Waals surface area contributed by atoms with Crippen molar-refractivity contribution in [2.24, 2.45) is 0 Å². The van der Waals surface area contributed by atoms with Gasteiger partial charge in [-0.25, -0.2) is 4.98 Å². The molecule has 0 bridgehead atoms. The monoisotopic (exact) mass is 314 g/mol. The van der Waals surface area contributed by atoms with E-state index in [1.807, 2.05) is 0 Å². The van der Waals surface area contributed by atoms with Crippen molar-refractivity contribution < 1.29 is 4.79 Å². The van der Waals surface area contributed by atoms with Gasteiger partial charge in [0.15, 0.2) is 0 Å². The number of aryl methyl sites for hydroxylation is 1. The summed E-state index contributed by atoms with van der Waals surface area (Å²) < 4.78 is 1.74. The number of carbonyl (C=O) groups excluding carboxylic acids is 1. The molecule has 6 nitrogen and oxygen atoms in total. The van der Waals surface area contributed by atoms with Gasteiger partial charge in [0.25, 0.3) is 5.56 Å². The molecule has 1 amide bonds. The maximum absolute atomic E-state index is 12.5. The summed E-state index contributed by atoms with van der Waals surface area (Å²) >= 11 is 0. The average molecular weight is 314 g/mol. The summed E-state index contributed by atoms with van der Waals surface area (Å²) in [6.07, 6.45) is 3.97. The number of carbonyl (C=O) groups is 1. The first kappa shape index (κ1) is 15.7. The lowest BCUT2D eigenvalue weighted by molar-refractivity contribution is -0.115. The molecule has 0 unspecified atom stereocenters. The fourth-order valence-corrected chi connectivity index (χ4v) is 2.87. The molecule has 6 heteroatoms. The molecule has 0 saturated carbocycles. The summed E-state index contributed by atoms with van der Waals surface area (Å²) in [5, 5.41) is 6.49. The maximum atomic E-state index is 12.5. The summed E-state index contributed by atoms with van der Waals surface area (Å²) in [5.74, 6) is 0.758. The van der Waals surface area contributed by atoms with Crippen molar-refractivity contribution in [3.63, 3.8) is 0 Å². The Bertz CT molecular complexity index is 782. The van der Waals surface area contributed by atoms with Crippen LogP contribution in [0.15, 0.2) is 23.0 Å². The van der Waals surface area contributed by atoms with Crippen LogP contribution in [0.1, 0.15) is 32.0 Å². The largest absolute Gasteiger partial charge is 0.325 e. The minimum Gasteiger partial charge on any atom is -0.325 e. The molecule has 1 aliphatic heterocycles. The number of hydrogen-bond acceptors (Lipinski definition) is 4. The second-order valence-corrected chi connectivity index (χ2v) is 5.90. The van der Waals surface area contributed by atoms with Crippen LogP contribution in [0.5, 0.6) is 0 Å². The Labute approximate surface area is 134 Å². The minimum absolute atomic E-state index is 0.0142. The zero-order chi connectivity index (χ0) is 16.2. The van der Waals surface area contributed by atoms with E-state index in [0.717, 1.165) is 44.6 Å². The minimum atomic E-state index is -0.102. The highest BCUT2D eigenvalue weighted by Gasteiger charge is 2.16. The van der Waals surface area contributed by atoms with Gasteiger partial charge in [0, 0.05) is 18.7 Å². The van der Waals surface area contributed by atoms with Crippen LogP contribution in [0, 0.1) is 0 Å². The Hall–Kier alpha value is -2.21. The highest BCUT2D eigenvalue weighted by molar-refractivity contribution is 5.94. The van der Waals surface area contributed by atoms with E-state index < -0.39 is 0 Å². The Balaban J connectivity index is 1.75. The lowest BCUT2D eigenvalue weighted by Crippen LogP contribution is -2.28. The van der Waals surface area contributed by atoms with Gasteiger partial charge in [-0.1, -0.05) is 13.3 Å². The third-order valence-corrected chi connectivity index (χ3v) is 4.09. The van der Waals surface area contributed by atoms with Gasteiger partial charge in [-0.15, -0.1) is 0 Å². The quantitative estimate of drug-likeness (QED) is 0.795. The van der Waals surface area contributed by atoms with Crippen molar-refractivity contribution in [2.45, 2.75) is 39.2 Å². The maximum Gasteiger partial charge on any atom is 0.261 e. The molecule has 2 N–H and O–H groups in total. The van der Waals surface area contributed by atoms with Crippen LogP contribution < -0.4 is 16.2 Å². The number of fused-ring (bicyclic) bond motifs is 2. The SMILES string of the molecule is CCCCNCC(=O)Nc1ccc2nc3n(c(=O)c2c1)CCC3. The van der Waals surface area contributed by atoms with Gasteiger partial charge in [0.1, 0.15) is 5.82 Å². The van der Waals surface area contributed by atoms with Crippen molar-refractivity contribution in [1.82, 2.24) is 14.9 Å². The number of amides is 1. The molecule has 23 heavy (non-hydrogen) atoms. The molecule has 0 spiro atoms. The van der Waals surface area contributed by atoms with E-state index in [4.69, 9.17) is 0 Å². The standard InChI is InChI=1S/C17H22N4O2/c1-2-3-8-18-11-16(22)19-12-6-7-14-13(10-12)17(23)21-9-4-5-15(21)20-14/h6-7,10,18H,2-5,8-9,11H2,1H3,(H,19,22). The molecule has 0 aliphatic carbocycles. The summed E-state index contributed by atoms with van der Waals surface area (Å²) in [5.41, 5.74) is 1.32. The third-order valence-electron chi connectivity index (χ3n) is 4.09. The molecular weight excluding hydrogens is 292 g/mol. The fraction of sp³-hybridized carbons (Fsp3) is 0.471. The predicted molar refractivity (Wildman–Crippen MR) is 90.7 cm³/mol. The Morgan fingerprint density at radius 2 is 2.26 bits per heavy atom. The molecule has 2 aromatic rings. The second kappa shape index (κ2) is 6.91. The van der Waals surface area contributed by atoms with Crippen LogP contribution in [0.4, 0.5) is 5.69 Å². The van der Waals surface area contributed by atoms with Crippen molar-refractivity contribution >= 4 is 22.5 Å². The highest BCUT2D eigenvalue weighted by Crippen LogP contribution is 2.18. The van der Waals surface area contributed by atoms with Crippen molar-refractivity contribution in [3.05, 3.63) is 34.4 Å². The lowest BCUT2D eigenvalue weighted by atomic mass is 10.2. The number of hydrogen-bond donors (Lipinski definition) is 2. The zero-order valence-corrected chi connectivity index (χ0v) is 13.4. The van der Waals surface area contributed by atoms with Gasteiger partial charge in [-0.05, 0) is 37.6 Å². The molecule has 0 fully saturated rings. The van der Waals surface area contributed by atoms with E-state index >= 15 is 0 Å². The topological polar surface area (TPSA) is 76.0 Å². The fourth-order valence-electron chi connectivity index (χ4n) is 2.87. The van der Waals surface area contributed by atoms with Crippen LogP contribution in [0.25, 0.3) is 10.9 Å². The smallest absolute Gasteiger partial charge is 0.261 e. The molecule has 2 heterocycles. The van der Waals surface area contributed by atoms with E-state index in [-0.39, 0.29) is 18.0 Å². The van der Waals surface area contributed by atoms with Crippen molar-refractivity contribution in [1.29, 1.82) is 0 Å². The van der Waals surface area contributed by atoms with E-state index in [1.54, 1.807) is 22.8 Å². The molecular formula is C17H22N4O2. The number of unbranched alkanes of at least 4 members (excludes halogenated alkanes) is 1. The van der Waals surface area contributed by atoms with Gasteiger partial charge in [0.2, 0.25) is 5.91 Å². The second-order valence-electron chi connectivity index (χ2n) is 5.90. The van der Waals surface area contributed by atoms with Gasteiger partial charge in [-0.2, -0.15) is 0 Å². The Morgan fingerprint density at radius 1 is 1.39 bits per heavy atom. The van der Waals surface area contributed by atoms with E-state index in [0.29, 0.717) is 16.6 Å². The van der Waals surface area contributed by atoms with E-state index in [2.05, 4.69) is 22.5 Å². The lowest BCUT2D eigenvalue weighted by Gasteiger charge is -2.09. The molecule has 1 aromatic carbocycles. The van der Waals surface area contributed by atoms with Gasteiger partial charge >= 0.3 is 0 Å². The normalized spacial score (nSPS) is 13.3. The number of rotatable bonds is 6. The van der Waals surface area contributed by atoms with Crippen molar-refractivity contribution in [3.8, 4) is 0 Å². The number of anilines is 1. The van der Waals surface area contributed by atoms with Crippen LogP contribution in [0.2, 0.25) is 0 Å². The molecule has 122 valence electrons. The van der Waals surface area contributed by atoms with Gasteiger partial charge in [0.05, 0.1) is 17.4 Å². The predicted octanol–water partition coefficient (Wildman–Crippen LogP) is 1.67. The summed E-state index contributed by atoms with van der Waals surface area (Å²) in [7, 11) is 0. The number of nitrogens with zero attached hydrogens (tertiary/aromatic N) is 2. The van der Waals surface area contributed by atoms with Crippen LogP contribution >= 0.6 is 0 Å². The molecule has 3 rings (SSSR count). The summed E-state index contributed by atoms with van der Waals surface area (Å²) in [6.45, 7) is 3.95. The summed E-state index contributed by atoms with van der Waals surface area (Å²) in [6, 6.07) is 5.32. The molecule has 0 saturated heterocycles. The molecule has 1 aliphatic rings. The van der Waals surface area contributed by atoms with Crippen molar-refractivity contribution in [2.75, 3.05) is 18.4 Å². The van der Waals surface area contributed by atoms with Crippen LogP contribution in [0.3, 0.4) is 0 Å². The summed E-state index contributed by atoms with van der Waals surface area (Å²) in [4.78, 5) is 29.0. The molecule has 0 atom stereocenters. The van der Waals surface area contributed by atoms with Crippen LogP contribution in [-0.2, 0) is 17.8 Å². The first-order valence-electron chi connectivity index (χ1n) is 8.23. The number of aromatic nitrogens is 2. The van der Waals surface area contributed by atoms with E-state index in [9.17, 15) is 9.59 Å². The first-order valence-corrected chi connectivity index (χ1v) is 8.23. The average Bonchev–Trinajstić information content (AvgIpc) is 3.01. The van der Waals surface area contributed by atoms with Gasteiger partial charge in [-0.3, -0.25) is 14.2 Å². The molecule has 1 aromatic heterocycles. The van der Waals surface area contributed by atoms with E-state index in [1.165, 1.54) is 0 Å². The zero-order valence-electron chi connectivity index (χ0n) is 13.4. The van der Waals surface area contributed by atoms with Gasteiger partial charge < -0.3 is 10.6 Å². The third kappa shape index (κ3) is 3.42. The highest BCUT2D eigenvalue weighted by atomic mass is 16.2.